The van der Waals surface area contributed by atoms with E-state index in [1.165, 1.54) is 18.9 Å². The molecule has 32 heavy (non-hydrogen) atoms. The molecule has 192 valence electrons. The summed E-state index contributed by atoms with van der Waals surface area (Å²) >= 11 is 0. The molecule has 0 heterocycles. The maximum atomic E-state index is 13.0. The Hall–Kier alpha value is -1.75. The Morgan fingerprint density at radius 2 is 0.750 bits per heavy atom. The van der Waals surface area contributed by atoms with Gasteiger partial charge in [0.25, 0.3) is 0 Å². The van der Waals surface area contributed by atoms with Crippen molar-refractivity contribution in [2.24, 2.45) is 0 Å². The van der Waals surface area contributed by atoms with E-state index in [1.807, 2.05) is 0 Å². The van der Waals surface area contributed by atoms with Crippen LogP contribution < -0.4 is 0 Å². The van der Waals surface area contributed by atoms with E-state index in [-0.39, 0.29) is 0 Å². The first-order chi connectivity index (χ1) is 13.5. The highest BCUT2D eigenvalue weighted by Gasteiger charge is 2.75. The summed E-state index contributed by atoms with van der Waals surface area (Å²) in [6, 6.07) is 0. The molecule has 0 aliphatic rings. The molecule has 0 amide bonds. The summed E-state index contributed by atoms with van der Waals surface area (Å²) in [5.74, 6) is -12.5. The molecule has 0 saturated heterocycles. The minimum absolute atomic E-state index is 1.35. The van der Waals surface area contributed by atoms with Gasteiger partial charge in [0.15, 0.2) is 0 Å². The third-order valence-electron chi connectivity index (χ3n) is 2.24. The minimum Gasteiger partial charge on any atom is -0.283 e. The third-order valence-corrected chi connectivity index (χ3v) is 2.24. The smallest absolute Gasteiger partial charge is 0.283 e. The lowest BCUT2D eigenvalue weighted by Gasteiger charge is -2.31. The standard InChI is InChI=1S/C9F18O5/c10-2(11,4(14,15)30-7(20,21)22)1(28)3(12,13)29-9(26,27)32-6(18,19)5(16,17)31-8(23,24)25. The van der Waals surface area contributed by atoms with Crippen LogP contribution in [-0.4, -0.2) is 55.2 Å². The lowest BCUT2D eigenvalue weighted by Crippen LogP contribution is -2.59. The van der Waals surface area contributed by atoms with Crippen LogP contribution in [0.3, 0.4) is 0 Å². The van der Waals surface area contributed by atoms with Crippen molar-refractivity contribution in [3.05, 3.63) is 0 Å². The van der Waals surface area contributed by atoms with Gasteiger partial charge in [-0.1, -0.05) is 0 Å². The van der Waals surface area contributed by atoms with Gasteiger partial charge in [0, 0.05) is 0 Å². The first-order valence-corrected chi connectivity index (χ1v) is 6.24. The SMILES string of the molecule is O=C(C(F)(F)OC(F)(F)OC(F)(F)C(F)(F)OC(F)(F)F)C(F)(F)C(F)(F)OC(F)(F)F. The molecule has 0 aromatic heterocycles. The zero-order chi connectivity index (χ0) is 26.4. The fraction of sp³-hybridized carbons (Fsp3) is 0.889. The second-order valence-corrected chi connectivity index (χ2v) is 4.73. The van der Waals surface area contributed by atoms with E-state index < -0.39 is 55.2 Å². The second-order valence-electron chi connectivity index (χ2n) is 4.73. The fourth-order valence-electron chi connectivity index (χ4n) is 1.15. The maximum Gasteiger partial charge on any atom is 0.527 e. The molecule has 0 bridgehead atoms. The van der Waals surface area contributed by atoms with E-state index in [1.54, 1.807) is 0 Å². The zero-order valence-electron chi connectivity index (χ0n) is 13.3. The Morgan fingerprint density at radius 3 is 1.09 bits per heavy atom. The molecular weight excluding hydrogens is 530 g/mol. The quantitative estimate of drug-likeness (QED) is 0.287. The van der Waals surface area contributed by atoms with Crippen molar-refractivity contribution in [2.45, 2.75) is 49.4 Å². The van der Waals surface area contributed by atoms with E-state index in [0.717, 1.165) is 0 Å². The van der Waals surface area contributed by atoms with Crippen LogP contribution in [0.5, 0.6) is 0 Å². The summed E-state index contributed by atoms with van der Waals surface area (Å²) in [5, 5.41) is 0. The van der Waals surface area contributed by atoms with Gasteiger partial charge in [-0.25, -0.2) is 18.9 Å². The number of hydrogen-bond acceptors (Lipinski definition) is 5. The van der Waals surface area contributed by atoms with Gasteiger partial charge < -0.3 is 0 Å². The summed E-state index contributed by atoms with van der Waals surface area (Å²) in [7, 11) is 0. The van der Waals surface area contributed by atoms with E-state index in [9.17, 15) is 83.8 Å². The number of halogens is 18. The number of ketones is 1. The predicted octanol–water partition coefficient (Wildman–Crippen LogP) is 5.22. The van der Waals surface area contributed by atoms with E-state index in [4.69, 9.17) is 0 Å². The van der Waals surface area contributed by atoms with Crippen molar-refractivity contribution in [1.82, 2.24) is 0 Å². The monoisotopic (exact) mass is 530 g/mol. The number of Topliss-reactive ketones (excluding diaryl/α,β-unsaturated/α-hetero) is 1. The Bertz CT molecular complexity index is 677. The molecule has 0 aliphatic heterocycles. The fourth-order valence-corrected chi connectivity index (χ4v) is 1.15. The third kappa shape index (κ3) is 7.68. The Labute approximate surface area is 159 Å². The highest BCUT2D eigenvalue weighted by atomic mass is 19.4. The molecule has 0 saturated carbocycles. The largest absolute Gasteiger partial charge is 0.527 e. The van der Waals surface area contributed by atoms with Crippen molar-refractivity contribution in [1.29, 1.82) is 0 Å². The molecule has 5 nitrogen and oxygen atoms in total. The lowest BCUT2D eigenvalue weighted by molar-refractivity contribution is -0.569. The summed E-state index contributed by atoms with van der Waals surface area (Å²) in [5.41, 5.74) is 0. The molecule has 0 unspecified atom stereocenters. The average Bonchev–Trinajstić information content (AvgIpc) is 2.37. The van der Waals surface area contributed by atoms with Gasteiger partial charge >= 0.3 is 55.2 Å². The first-order valence-electron chi connectivity index (χ1n) is 6.24. The summed E-state index contributed by atoms with van der Waals surface area (Å²) < 4.78 is 228. The Morgan fingerprint density at radius 1 is 0.438 bits per heavy atom. The first kappa shape index (κ1) is 30.2. The summed E-state index contributed by atoms with van der Waals surface area (Å²) in [6.07, 6.45) is -49.7. The molecule has 0 atom stereocenters. The number of carbonyl (C=O) groups is 1. The van der Waals surface area contributed by atoms with Gasteiger partial charge in [0.05, 0.1) is 0 Å². The Kier molecular flexibility index (Phi) is 7.78. The molecule has 0 N–H and O–H groups in total. The van der Waals surface area contributed by atoms with Gasteiger partial charge in [-0.2, -0.15) is 43.9 Å². The van der Waals surface area contributed by atoms with Gasteiger partial charge in [0.1, 0.15) is 0 Å². The average molecular weight is 530 g/mol. The number of alkyl halides is 18. The van der Waals surface area contributed by atoms with E-state index in [2.05, 4.69) is 0 Å². The van der Waals surface area contributed by atoms with Gasteiger partial charge in [-0.05, 0) is 0 Å². The van der Waals surface area contributed by atoms with Crippen LogP contribution in [0.15, 0.2) is 0 Å². The molecule has 0 spiro atoms. The van der Waals surface area contributed by atoms with Gasteiger partial charge in [-0.15, -0.1) is 35.1 Å². The van der Waals surface area contributed by atoms with Crippen molar-refractivity contribution in [2.75, 3.05) is 0 Å². The van der Waals surface area contributed by atoms with Crippen LogP contribution in [0.1, 0.15) is 0 Å². The van der Waals surface area contributed by atoms with Crippen LogP contribution in [0.2, 0.25) is 0 Å². The number of hydrogen-bond donors (Lipinski definition) is 0. The highest BCUT2D eigenvalue weighted by molar-refractivity contribution is 5.91. The second kappa shape index (κ2) is 8.23. The molecule has 0 aromatic carbocycles. The maximum absolute atomic E-state index is 13.0. The van der Waals surface area contributed by atoms with Crippen LogP contribution >= 0.6 is 0 Å². The number of rotatable bonds is 10. The van der Waals surface area contributed by atoms with E-state index in [0.29, 0.717) is 0 Å². The van der Waals surface area contributed by atoms with Crippen molar-refractivity contribution >= 4 is 5.78 Å². The van der Waals surface area contributed by atoms with Crippen LogP contribution in [0.4, 0.5) is 79.0 Å². The molecule has 0 aromatic rings. The number of carbonyl (C=O) groups excluding carboxylic acids is 1. The molecule has 0 rings (SSSR count). The zero-order valence-corrected chi connectivity index (χ0v) is 13.3. The van der Waals surface area contributed by atoms with Gasteiger partial charge in [0.2, 0.25) is 0 Å². The normalized spacial score (nSPS) is 15.8. The molecule has 0 fully saturated rings. The van der Waals surface area contributed by atoms with Crippen LogP contribution in [0.25, 0.3) is 0 Å². The van der Waals surface area contributed by atoms with Crippen molar-refractivity contribution < 1.29 is 103 Å². The topological polar surface area (TPSA) is 54.0 Å². The number of ether oxygens (including phenoxy) is 4. The van der Waals surface area contributed by atoms with Crippen molar-refractivity contribution in [3.63, 3.8) is 0 Å². The van der Waals surface area contributed by atoms with Crippen LogP contribution in [-0.2, 0) is 23.7 Å². The molecule has 0 aliphatic carbocycles. The predicted molar refractivity (Wildman–Crippen MR) is 51.1 cm³/mol. The van der Waals surface area contributed by atoms with E-state index >= 15 is 0 Å². The summed E-state index contributed by atoms with van der Waals surface area (Å²) in [4.78, 5) is 10.6. The lowest BCUT2D eigenvalue weighted by atomic mass is 10.2. The Balaban J connectivity index is 5.78. The molecule has 0 radical (unpaired) electrons. The highest BCUT2D eigenvalue weighted by Crippen LogP contribution is 2.47. The molecule has 23 heteroatoms. The summed E-state index contributed by atoms with van der Waals surface area (Å²) in [6.45, 7) is 0. The van der Waals surface area contributed by atoms with Crippen molar-refractivity contribution in [3.8, 4) is 0 Å². The minimum atomic E-state index is -7.42. The van der Waals surface area contributed by atoms with Gasteiger partial charge in [-0.3, -0.25) is 4.79 Å². The van der Waals surface area contributed by atoms with Crippen LogP contribution in [0, 0.1) is 0 Å². The molecular formula is C9F18O5.